The van der Waals surface area contributed by atoms with Crippen LogP contribution >= 0.6 is 0 Å². The summed E-state index contributed by atoms with van der Waals surface area (Å²) in [5, 5.41) is 0. The Bertz CT molecular complexity index is 1070. The van der Waals surface area contributed by atoms with Gasteiger partial charge >= 0.3 is 5.69 Å². The molecule has 1 aromatic carbocycles. The molecule has 0 spiro atoms. The van der Waals surface area contributed by atoms with Crippen LogP contribution in [-0.4, -0.2) is 32.2 Å². The summed E-state index contributed by atoms with van der Waals surface area (Å²) < 4.78 is 3.40. The largest absolute Gasteiger partial charge is 0.329 e. The lowest BCUT2D eigenvalue weighted by atomic mass is 10.1. The van der Waals surface area contributed by atoms with Gasteiger partial charge in [0.15, 0.2) is 17.0 Å². The Labute approximate surface area is 164 Å². The molecule has 3 aromatic rings. The molecule has 3 rings (SSSR count). The van der Waals surface area contributed by atoms with Gasteiger partial charge in [-0.05, 0) is 25.3 Å². The molecule has 150 valence electrons. The Hall–Kier alpha value is -2.67. The van der Waals surface area contributed by atoms with Crippen LogP contribution in [0.15, 0.2) is 33.9 Å². The SMILES string of the molecule is CCC[NH+](CCC)Cc1nc2c(c(=O)[nH]c(=O)n2C)n1Cc1cccc(C)c1. The van der Waals surface area contributed by atoms with Crippen molar-refractivity contribution in [1.29, 1.82) is 0 Å². The monoisotopic (exact) mass is 384 g/mol. The molecule has 0 atom stereocenters. The van der Waals surface area contributed by atoms with Crippen LogP contribution in [0.25, 0.3) is 11.2 Å². The summed E-state index contributed by atoms with van der Waals surface area (Å²) in [7, 11) is 1.65. The lowest BCUT2D eigenvalue weighted by Gasteiger charge is -2.18. The van der Waals surface area contributed by atoms with Crippen LogP contribution in [0.1, 0.15) is 43.6 Å². The average Bonchev–Trinajstić information content (AvgIpc) is 2.99. The quantitative estimate of drug-likeness (QED) is 0.608. The van der Waals surface area contributed by atoms with E-state index in [0.29, 0.717) is 17.7 Å². The van der Waals surface area contributed by atoms with Gasteiger partial charge in [0, 0.05) is 13.6 Å². The Morgan fingerprint density at radius 1 is 1.14 bits per heavy atom. The number of aromatic amines is 1. The van der Waals surface area contributed by atoms with Crippen LogP contribution in [0, 0.1) is 6.92 Å². The number of imidazole rings is 1. The summed E-state index contributed by atoms with van der Waals surface area (Å²) in [6, 6.07) is 8.26. The minimum Gasteiger partial charge on any atom is -0.329 e. The van der Waals surface area contributed by atoms with Gasteiger partial charge < -0.3 is 9.47 Å². The van der Waals surface area contributed by atoms with E-state index in [1.54, 1.807) is 7.05 Å². The number of hydrogen-bond donors (Lipinski definition) is 2. The zero-order valence-electron chi connectivity index (χ0n) is 17.2. The first-order chi connectivity index (χ1) is 13.4. The third-order valence-electron chi connectivity index (χ3n) is 5.12. The lowest BCUT2D eigenvalue weighted by molar-refractivity contribution is -0.914. The number of fused-ring (bicyclic) bond motifs is 1. The van der Waals surface area contributed by atoms with Gasteiger partial charge in [-0.1, -0.05) is 43.7 Å². The number of nitrogens with one attached hydrogen (secondary N) is 2. The highest BCUT2D eigenvalue weighted by molar-refractivity contribution is 5.71. The van der Waals surface area contributed by atoms with Gasteiger partial charge in [-0.2, -0.15) is 0 Å². The third-order valence-corrected chi connectivity index (χ3v) is 5.12. The van der Waals surface area contributed by atoms with Gasteiger partial charge in [0.25, 0.3) is 5.56 Å². The Morgan fingerprint density at radius 3 is 2.50 bits per heavy atom. The van der Waals surface area contributed by atoms with E-state index in [9.17, 15) is 9.59 Å². The van der Waals surface area contributed by atoms with E-state index in [4.69, 9.17) is 4.98 Å². The maximum atomic E-state index is 12.6. The van der Waals surface area contributed by atoms with E-state index in [1.165, 1.54) is 15.0 Å². The molecule has 2 heterocycles. The highest BCUT2D eigenvalue weighted by Gasteiger charge is 2.20. The van der Waals surface area contributed by atoms with E-state index < -0.39 is 5.69 Å². The molecule has 0 saturated carbocycles. The van der Waals surface area contributed by atoms with Crippen LogP contribution in [0.3, 0.4) is 0 Å². The first kappa shape index (κ1) is 20.1. The number of rotatable bonds is 8. The zero-order valence-corrected chi connectivity index (χ0v) is 17.2. The number of aromatic nitrogens is 4. The number of hydrogen-bond acceptors (Lipinski definition) is 3. The second kappa shape index (κ2) is 8.56. The topological polar surface area (TPSA) is 77.1 Å². The molecule has 28 heavy (non-hydrogen) atoms. The van der Waals surface area contributed by atoms with E-state index in [2.05, 4.69) is 44.0 Å². The van der Waals surface area contributed by atoms with Crippen LogP contribution in [0.4, 0.5) is 0 Å². The van der Waals surface area contributed by atoms with Crippen molar-refractivity contribution in [3.63, 3.8) is 0 Å². The normalized spacial score (nSPS) is 11.6. The molecule has 0 radical (unpaired) electrons. The van der Waals surface area contributed by atoms with Gasteiger partial charge in [-0.25, -0.2) is 9.78 Å². The molecule has 0 aliphatic carbocycles. The first-order valence-corrected chi connectivity index (χ1v) is 10.0. The Kier molecular flexibility index (Phi) is 6.14. The van der Waals surface area contributed by atoms with E-state index in [1.807, 2.05) is 10.6 Å². The zero-order chi connectivity index (χ0) is 20.3. The van der Waals surface area contributed by atoms with Crippen molar-refractivity contribution < 1.29 is 4.90 Å². The smallest absolute Gasteiger partial charge is 0.329 e. The van der Waals surface area contributed by atoms with Gasteiger partial charge in [0.05, 0.1) is 13.1 Å². The number of benzene rings is 1. The molecule has 7 nitrogen and oxygen atoms in total. The fourth-order valence-electron chi connectivity index (χ4n) is 3.81. The van der Waals surface area contributed by atoms with Crippen molar-refractivity contribution in [2.45, 2.75) is 46.7 Å². The van der Waals surface area contributed by atoms with Crippen molar-refractivity contribution in [3.05, 3.63) is 62.1 Å². The summed E-state index contributed by atoms with van der Waals surface area (Å²) in [6.45, 7) is 9.81. The second-order valence-corrected chi connectivity index (χ2v) is 7.52. The number of aryl methyl sites for hydroxylation is 2. The maximum absolute atomic E-state index is 12.6. The molecular weight excluding hydrogens is 354 g/mol. The molecule has 0 aliphatic heterocycles. The van der Waals surface area contributed by atoms with Crippen LogP contribution in [-0.2, 0) is 20.1 Å². The van der Waals surface area contributed by atoms with Crippen LogP contribution in [0.2, 0.25) is 0 Å². The standard InChI is InChI=1S/C21H29N5O2/c1-5-10-25(11-6-2)14-17-22-19-18(20(27)23-21(28)24(19)4)26(17)13-16-9-7-8-15(3)12-16/h7-9,12H,5-6,10-11,13-14H2,1-4H3,(H,23,27,28)/p+1. The predicted octanol–water partition coefficient (Wildman–Crippen LogP) is 0.985. The minimum absolute atomic E-state index is 0.378. The van der Waals surface area contributed by atoms with Crippen LogP contribution < -0.4 is 16.1 Å². The summed E-state index contributed by atoms with van der Waals surface area (Å²) >= 11 is 0. The van der Waals surface area contributed by atoms with Crippen molar-refractivity contribution in [2.24, 2.45) is 7.05 Å². The number of nitrogens with zero attached hydrogens (tertiary/aromatic N) is 3. The number of quaternary nitrogens is 1. The fraction of sp³-hybridized carbons (Fsp3) is 0.476. The molecule has 0 unspecified atom stereocenters. The van der Waals surface area contributed by atoms with E-state index in [0.717, 1.165) is 43.9 Å². The molecule has 2 aromatic heterocycles. The molecule has 7 heteroatoms. The summed E-state index contributed by atoms with van der Waals surface area (Å²) in [5.41, 5.74) is 2.39. The van der Waals surface area contributed by atoms with Gasteiger partial charge in [-0.15, -0.1) is 0 Å². The van der Waals surface area contributed by atoms with E-state index in [-0.39, 0.29) is 5.56 Å². The number of H-pyrrole nitrogens is 1. The summed E-state index contributed by atoms with van der Waals surface area (Å²) in [5.74, 6) is 0.847. The molecule has 0 aliphatic rings. The van der Waals surface area contributed by atoms with E-state index >= 15 is 0 Å². The highest BCUT2D eigenvalue weighted by atomic mass is 16.2. The van der Waals surface area contributed by atoms with Crippen molar-refractivity contribution in [2.75, 3.05) is 13.1 Å². The molecule has 0 amide bonds. The molecule has 0 bridgehead atoms. The minimum atomic E-state index is -0.435. The Balaban J connectivity index is 2.15. The fourth-order valence-corrected chi connectivity index (χ4v) is 3.81. The third kappa shape index (κ3) is 4.09. The Morgan fingerprint density at radius 2 is 1.86 bits per heavy atom. The lowest BCUT2D eigenvalue weighted by Crippen LogP contribution is -3.10. The van der Waals surface area contributed by atoms with Crippen molar-refractivity contribution in [3.8, 4) is 0 Å². The first-order valence-electron chi connectivity index (χ1n) is 10.0. The van der Waals surface area contributed by atoms with Gasteiger partial charge in [0.1, 0.15) is 6.54 Å². The van der Waals surface area contributed by atoms with Gasteiger partial charge in [0.2, 0.25) is 0 Å². The summed E-state index contributed by atoms with van der Waals surface area (Å²) in [4.78, 5) is 33.3. The van der Waals surface area contributed by atoms with Gasteiger partial charge in [-0.3, -0.25) is 14.3 Å². The second-order valence-electron chi connectivity index (χ2n) is 7.52. The molecular formula is C21H30N5O2+. The molecule has 0 fully saturated rings. The van der Waals surface area contributed by atoms with Crippen molar-refractivity contribution in [1.82, 2.24) is 19.1 Å². The van der Waals surface area contributed by atoms with Crippen LogP contribution in [0.5, 0.6) is 0 Å². The maximum Gasteiger partial charge on any atom is 0.329 e. The predicted molar refractivity (Wildman–Crippen MR) is 111 cm³/mol. The summed E-state index contributed by atoms with van der Waals surface area (Å²) in [6.07, 6.45) is 2.18. The highest BCUT2D eigenvalue weighted by Crippen LogP contribution is 2.14. The molecule has 0 saturated heterocycles. The van der Waals surface area contributed by atoms with Crippen molar-refractivity contribution >= 4 is 11.2 Å². The molecule has 2 N–H and O–H groups in total. The average molecular weight is 385 g/mol.